The van der Waals surface area contributed by atoms with Crippen LogP contribution in [0, 0.1) is 0 Å². The minimum absolute atomic E-state index is 0.152. The van der Waals surface area contributed by atoms with Gasteiger partial charge in [-0.1, -0.05) is 42.1 Å². The zero-order valence-electron chi connectivity index (χ0n) is 10.8. The van der Waals surface area contributed by atoms with Gasteiger partial charge in [0, 0.05) is 0 Å². The molecule has 0 aliphatic carbocycles. The van der Waals surface area contributed by atoms with Crippen LogP contribution in [0.15, 0.2) is 35.4 Å². The first-order valence-corrected chi connectivity index (χ1v) is 8.12. The van der Waals surface area contributed by atoms with Crippen LogP contribution < -0.4 is 5.43 Å². The number of esters is 1. The molecule has 102 valence electrons. The maximum absolute atomic E-state index is 12.1. The highest BCUT2D eigenvalue weighted by Crippen LogP contribution is 2.34. The van der Waals surface area contributed by atoms with Gasteiger partial charge in [0.15, 0.2) is 4.38 Å². The molecule has 1 aliphatic heterocycles. The van der Waals surface area contributed by atoms with E-state index in [2.05, 4.69) is 10.5 Å². The number of ether oxygens (including phenoxy) is 1. The van der Waals surface area contributed by atoms with Gasteiger partial charge in [0.2, 0.25) is 0 Å². The summed E-state index contributed by atoms with van der Waals surface area (Å²) in [6, 6.07) is 9.69. The topological polar surface area (TPSA) is 50.7 Å². The predicted octanol–water partition coefficient (Wildman–Crippen LogP) is 2.63. The summed E-state index contributed by atoms with van der Waals surface area (Å²) in [5, 5.41) is 3.98. The average molecular weight is 296 g/mol. The van der Waals surface area contributed by atoms with Crippen molar-refractivity contribution >= 4 is 33.9 Å². The molecule has 1 aliphatic rings. The summed E-state index contributed by atoms with van der Waals surface area (Å²) in [6.45, 7) is 2.21. The number of carbonyl (C=O) groups is 1. The molecule has 0 fully saturated rings. The van der Waals surface area contributed by atoms with Gasteiger partial charge in [0.25, 0.3) is 0 Å². The highest BCUT2D eigenvalue weighted by molar-refractivity contribution is 8.39. The van der Waals surface area contributed by atoms with Crippen LogP contribution in [0.25, 0.3) is 0 Å². The van der Waals surface area contributed by atoms with Crippen LogP contribution >= 0.6 is 23.5 Å². The van der Waals surface area contributed by atoms with E-state index < -0.39 is 0 Å². The van der Waals surface area contributed by atoms with E-state index in [9.17, 15) is 4.79 Å². The van der Waals surface area contributed by atoms with Gasteiger partial charge < -0.3 is 4.74 Å². The fourth-order valence-electron chi connectivity index (χ4n) is 1.80. The molecule has 0 amide bonds. The number of nitrogens with zero attached hydrogens (tertiary/aromatic N) is 1. The molecule has 0 unspecified atom stereocenters. The summed E-state index contributed by atoms with van der Waals surface area (Å²) in [5.74, 6) is -0.199. The summed E-state index contributed by atoms with van der Waals surface area (Å²) in [5.41, 5.74) is 4.11. The van der Waals surface area contributed by atoms with Gasteiger partial charge in [-0.2, -0.15) is 5.10 Å². The summed E-state index contributed by atoms with van der Waals surface area (Å²) in [4.78, 5) is 12.1. The van der Waals surface area contributed by atoms with Crippen LogP contribution in [-0.2, 0) is 9.53 Å². The van der Waals surface area contributed by atoms with E-state index >= 15 is 0 Å². The van der Waals surface area contributed by atoms with Crippen molar-refractivity contribution in [3.05, 3.63) is 35.9 Å². The summed E-state index contributed by atoms with van der Waals surface area (Å²) < 4.78 is 6.01. The van der Waals surface area contributed by atoms with Crippen LogP contribution in [0.4, 0.5) is 0 Å². The molecule has 4 nitrogen and oxygen atoms in total. The third-order valence-corrected chi connectivity index (χ3v) is 4.92. The molecule has 2 atom stereocenters. The molecule has 19 heavy (non-hydrogen) atoms. The normalized spacial score (nSPS) is 22.3. The van der Waals surface area contributed by atoms with E-state index in [4.69, 9.17) is 4.74 Å². The van der Waals surface area contributed by atoms with Gasteiger partial charge in [0.1, 0.15) is 5.25 Å². The van der Waals surface area contributed by atoms with E-state index in [0.717, 1.165) is 9.94 Å². The number of thioether (sulfide) groups is 2. The van der Waals surface area contributed by atoms with Crippen molar-refractivity contribution in [2.24, 2.45) is 5.10 Å². The second kappa shape index (κ2) is 6.86. The predicted molar refractivity (Wildman–Crippen MR) is 81.3 cm³/mol. The third-order valence-electron chi connectivity index (χ3n) is 2.68. The van der Waals surface area contributed by atoms with Crippen LogP contribution in [-0.4, -0.2) is 28.5 Å². The number of nitrogens with one attached hydrogen (secondary N) is 1. The standard InChI is InChI=1S/C13H16N2O2S2/c1-3-17-12(16)11-10(9-7-5-4-6-8-9)14-15-13(18-2)19-11/h4-8,10-11,14H,3H2,1-2H3/t10-,11-/m1/s1. The quantitative estimate of drug-likeness (QED) is 0.869. The molecule has 6 heteroatoms. The number of hydrogen-bond donors (Lipinski definition) is 1. The van der Waals surface area contributed by atoms with Crippen molar-refractivity contribution in [1.29, 1.82) is 0 Å². The Kier molecular flexibility index (Phi) is 5.15. The summed E-state index contributed by atoms with van der Waals surface area (Å²) in [6.07, 6.45) is 1.94. The Labute approximate surface area is 121 Å². The number of benzene rings is 1. The van der Waals surface area contributed by atoms with Gasteiger partial charge >= 0.3 is 5.97 Å². The number of rotatable bonds is 3. The lowest BCUT2D eigenvalue weighted by Crippen LogP contribution is -2.38. The van der Waals surface area contributed by atoms with Gasteiger partial charge in [-0.15, -0.1) is 11.8 Å². The Balaban J connectivity index is 2.24. The maximum atomic E-state index is 12.1. The highest BCUT2D eigenvalue weighted by atomic mass is 32.2. The summed E-state index contributed by atoms with van der Waals surface area (Å²) >= 11 is 2.98. The Bertz CT molecular complexity index is 465. The molecular weight excluding hydrogens is 280 g/mol. The smallest absolute Gasteiger partial charge is 0.322 e. The van der Waals surface area contributed by atoms with E-state index in [1.807, 2.05) is 43.5 Å². The molecule has 0 radical (unpaired) electrons. The van der Waals surface area contributed by atoms with Crippen molar-refractivity contribution < 1.29 is 9.53 Å². The van der Waals surface area contributed by atoms with E-state index in [0.29, 0.717) is 6.61 Å². The third kappa shape index (κ3) is 3.45. The van der Waals surface area contributed by atoms with E-state index in [1.165, 1.54) is 23.5 Å². The van der Waals surface area contributed by atoms with Crippen molar-refractivity contribution in [2.75, 3.05) is 12.9 Å². The fourth-order valence-corrected chi connectivity index (χ4v) is 3.49. The molecule has 0 saturated carbocycles. The number of hydrazone groups is 1. The SMILES string of the molecule is CCOC(=O)[C@@H]1SC(SC)=NN[C@@H]1c1ccccc1. The van der Waals surface area contributed by atoms with Crippen LogP contribution in [0.2, 0.25) is 0 Å². The first kappa shape index (κ1) is 14.3. The first-order chi connectivity index (χ1) is 9.26. The average Bonchev–Trinajstić information content (AvgIpc) is 2.47. The zero-order chi connectivity index (χ0) is 13.7. The first-order valence-electron chi connectivity index (χ1n) is 6.01. The molecule has 1 aromatic rings. The minimum atomic E-state index is -0.303. The van der Waals surface area contributed by atoms with Gasteiger partial charge in [-0.25, -0.2) is 0 Å². The molecule has 1 aromatic carbocycles. The van der Waals surface area contributed by atoms with E-state index in [-0.39, 0.29) is 17.3 Å². The lowest BCUT2D eigenvalue weighted by molar-refractivity contribution is -0.143. The fraction of sp³-hybridized carbons (Fsp3) is 0.385. The lowest BCUT2D eigenvalue weighted by Gasteiger charge is -2.29. The van der Waals surface area contributed by atoms with Crippen molar-refractivity contribution in [1.82, 2.24) is 5.43 Å². The van der Waals surface area contributed by atoms with Gasteiger partial charge in [-0.3, -0.25) is 10.2 Å². The van der Waals surface area contributed by atoms with Gasteiger partial charge in [-0.05, 0) is 18.7 Å². The van der Waals surface area contributed by atoms with E-state index in [1.54, 1.807) is 0 Å². The molecule has 2 rings (SSSR count). The molecule has 1 heterocycles. The monoisotopic (exact) mass is 296 g/mol. The molecule has 0 spiro atoms. The highest BCUT2D eigenvalue weighted by Gasteiger charge is 2.35. The zero-order valence-corrected chi connectivity index (χ0v) is 12.5. The molecule has 0 aromatic heterocycles. The minimum Gasteiger partial charge on any atom is -0.465 e. The second-order valence-electron chi connectivity index (χ2n) is 3.89. The Morgan fingerprint density at radius 3 is 2.84 bits per heavy atom. The van der Waals surface area contributed by atoms with Crippen molar-refractivity contribution in [3.8, 4) is 0 Å². The maximum Gasteiger partial charge on any atom is 0.322 e. The van der Waals surface area contributed by atoms with Crippen LogP contribution in [0.1, 0.15) is 18.5 Å². The molecule has 1 N–H and O–H groups in total. The molecular formula is C13H16N2O2S2. The van der Waals surface area contributed by atoms with Crippen LogP contribution in [0.3, 0.4) is 0 Å². The van der Waals surface area contributed by atoms with Gasteiger partial charge in [0.05, 0.1) is 12.6 Å². The van der Waals surface area contributed by atoms with Crippen molar-refractivity contribution in [3.63, 3.8) is 0 Å². The molecule has 0 saturated heterocycles. The van der Waals surface area contributed by atoms with Crippen molar-refractivity contribution in [2.45, 2.75) is 18.2 Å². The Hall–Kier alpha value is -1.14. The number of hydrogen-bond acceptors (Lipinski definition) is 6. The van der Waals surface area contributed by atoms with Crippen LogP contribution in [0.5, 0.6) is 0 Å². The Morgan fingerprint density at radius 1 is 1.47 bits per heavy atom. The molecule has 0 bridgehead atoms. The number of carbonyl (C=O) groups excluding carboxylic acids is 1. The Morgan fingerprint density at radius 2 is 2.21 bits per heavy atom. The lowest BCUT2D eigenvalue weighted by atomic mass is 10.0. The summed E-state index contributed by atoms with van der Waals surface area (Å²) in [7, 11) is 0. The largest absolute Gasteiger partial charge is 0.465 e. The second-order valence-corrected chi connectivity index (χ2v) is 6.07.